The number of unbranched alkanes of at least 4 members (excludes halogenated alkanes) is 3. The van der Waals surface area contributed by atoms with Gasteiger partial charge in [0.05, 0.1) is 0 Å². The van der Waals surface area contributed by atoms with Crippen LogP contribution in [-0.4, -0.2) is 16.6 Å². The lowest BCUT2D eigenvalue weighted by atomic mass is 9.77. The normalized spacial score (nSPS) is 17.2. The highest BCUT2D eigenvalue weighted by molar-refractivity contribution is 7.99. The minimum atomic E-state index is -0.115. The van der Waals surface area contributed by atoms with Crippen LogP contribution >= 0.6 is 23.5 Å². The summed E-state index contributed by atoms with van der Waals surface area (Å²) in [7, 11) is 0. The molecule has 5 heteroatoms. The van der Waals surface area contributed by atoms with Crippen LogP contribution < -0.4 is 0 Å². The van der Waals surface area contributed by atoms with E-state index in [9.17, 15) is 9.59 Å². The highest BCUT2D eigenvalue weighted by atomic mass is 32.2. The molecule has 0 amide bonds. The SMILES string of the molecule is CCCCCCC1CCC(c2ccc(-c3ccc(Sc4cccc5c4C(=O)c4cccc(Sc6ccc(C(C)(C)C)cc6)c4C5=O)nc3)cc2)CC1. The van der Waals surface area contributed by atoms with Crippen LogP contribution in [0.5, 0.6) is 0 Å². The third kappa shape index (κ3) is 8.01. The highest BCUT2D eigenvalue weighted by Gasteiger charge is 2.34. The average Bonchev–Trinajstić information content (AvgIpc) is 3.16. The molecular formula is C47H49NO2S2. The lowest BCUT2D eigenvalue weighted by molar-refractivity contribution is 0.0974. The summed E-state index contributed by atoms with van der Waals surface area (Å²) in [6.45, 7) is 8.88. The van der Waals surface area contributed by atoms with Crippen molar-refractivity contribution in [3.05, 3.63) is 137 Å². The molecular weight excluding hydrogens is 675 g/mol. The smallest absolute Gasteiger partial charge is 0.195 e. The third-order valence-electron chi connectivity index (χ3n) is 10.9. The maximum absolute atomic E-state index is 14.1. The van der Waals surface area contributed by atoms with Gasteiger partial charge in [-0.15, -0.1) is 0 Å². The van der Waals surface area contributed by atoms with Gasteiger partial charge in [-0.2, -0.15) is 0 Å². The van der Waals surface area contributed by atoms with Crippen molar-refractivity contribution in [2.75, 3.05) is 0 Å². The van der Waals surface area contributed by atoms with E-state index in [0.29, 0.717) is 28.2 Å². The van der Waals surface area contributed by atoms with Crippen LogP contribution in [0.25, 0.3) is 11.1 Å². The number of rotatable bonds is 11. The molecule has 4 aromatic carbocycles. The third-order valence-corrected chi connectivity index (χ3v) is 13.0. The first kappa shape index (κ1) is 36.4. The van der Waals surface area contributed by atoms with Crippen molar-refractivity contribution >= 4 is 35.1 Å². The summed E-state index contributed by atoms with van der Waals surface area (Å²) in [5.74, 6) is 1.37. The predicted octanol–water partition coefficient (Wildman–Crippen LogP) is 13.4. The summed E-state index contributed by atoms with van der Waals surface area (Å²) < 4.78 is 0. The summed E-state index contributed by atoms with van der Waals surface area (Å²) in [5.41, 5.74) is 6.88. The molecule has 266 valence electrons. The van der Waals surface area contributed by atoms with E-state index in [2.05, 4.69) is 82.3 Å². The molecule has 1 aromatic heterocycles. The average molecular weight is 724 g/mol. The van der Waals surface area contributed by atoms with Crippen molar-refractivity contribution in [3.63, 3.8) is 0 Å². The van der Waals surface area contributed by atoms with Gasteiger partial charge in [-0.1, -0.05) is 150 Å². The van der Waals surface area contributed by atoms with Gasteiger partial charge in [0.25, 0.3) is 0 Å². The van der Waals surface area contributed by atoms with Gasteiger partial charge in [0.2, 0.25) is 0 Å². The molecule has 0 atom stereocenters. The van der Waals surface area contributed by atoms with Crippen molar-refractivity contribution < 1.29 is 9.59 Å². The molecule has 1 heterocycles. The molecule has 52 heavy (non-hydrogen) atoms. The zero-order chi connectivity index (χ0) is 36.2. The standard InChI is InChI=1S/C47H49NO2S2/c1-5-6-7-8-11-31-16-18-32(19-17-31)33-20-22-34(23-21-33)35-24-29-42(48-30-35)52-41-15-10-13-39-44(41)46(50)38-12-9-14-40(43(38)45(39)49)51-37-27-25-36(26-28-37)47(2,3)4/h9-10,12-15,20-32H,5-8,11,16-19H2,1-4H3. The number of aromatic nitrogens is 1. The van der Waals surface area contributed by atoms with Crippen LogP contribution in [0.2, 0.25) is 0 Å². The number of carbonyl (C=O) groups excluding carboxylic acids is 2. The monoisotopic (exact) mass is 723 g/mol. The Bertz CT molecular complexity index is 2030. The van der Waals surface area contributed by atoms with Gasteiger partial charge in [-0.3, -0.25) is 9.59 Å². The lowest BCUT2D eigenvalue weighted by Gasteiger charge is -2.29. The summed E-state index contributed by atoms with van der Waals surface area (Å²) >= 11 is 2.97. The molecule has 2 aliphatic carbocycles. The molecule has 3 nitrogen and oxygen atoms in total. The molecule has 5 aromatic rings. The Morgan fingerprint density at radius 3 is 1.85 bits per heavy atom. The molecule has 0 radical (unpaired) electrons. The number of benzene rings is 4. The van der Waals surface area contributed by atoms with Crippen LogP contribution in [0.1, 0.15) is 134 Å². The fourth-order valence-corrected chi connectivity index (χ4v) is 9.71. The van der Waals surface area contributed by atoms with Crippen molar-refractivity contribution in [1.29, 1.82) is 0 Å². The summed E-state index contributed by atoms with van der Waals surface area (Å²) in [4.78, 5) is 35.5. The Hall–Kier alpha value is -3.93. The van der Waals surface area contributed by atoms with Gasteiger partial charge >= 0.3 is 0 Å². The molecule has 7 rings (SSSR count). The number of hydrogen-bond acceptors (Lipinski definition) is 5. The van der Waals surface area contributed by atoms with Gasteiger partial charge < -0.3 is 0 Å². The lowest BCUT2D eigenvalue weighted by Crippen LogP contribution is -2.22. The Labute approximate surface area is 318 Å². The largest absolute Gasteiger partial charge is 0.289 e. The Kier molecular flexibility index (Phi) is 11.2. The van der Waals surface area contributed by atoms with Crippen molar-refractivity contribution in [2.45, 2.75) is 117 Å². The van der Waals surface area contributed by atoms with Gasteiger partial charge in [-0.05, 0) is 90.0 Å². The second-order valence-corrected chi connectivity index (χ2v) is 17.7. The highest BCUT2D eigenvalue weighted by Crippen LogP contribution is 2.42. The first-order valence-electron chi connectivity index (χ1n) is 19.1. The number of pyridine rings is 1. The number of carbonyl (C=O) groups is 2. The minimum absolute atomic E-state index is 0.0621. The number of hydrogen-bond donors (Lipinski definition) is 0. The maximum Gasteiger partial charge on any atom is 0.195 e. The molecule has 0 N–H and O–H groups in total. The van der Waals surface area contributed by atoms with Crippen LogP contribution in [0.3, 0.4) is 0 Å². The topological polar surface area (TPSA) is 47.0 Å². The summed E-state index contributed by atoms with van der Waals surface area (Å²) in [6, 6.07) is 32.9. The van der Waals surface area contributed by atoms with E-state index in [1.165, 1.54) is 92.4 Å². The maximum atomic E-state index is 14.1. The van der Waals surface area contributed by atoms with Crippen molar-refractivity contribution in [3.8, 4) is 11.1 Å². The van der Waals surface area contributed by atoms with Gasteiger partial charge in [-0.25, -0.2) is 4.98 Å². The van der Waals surface area contributed by atoms with Crippen molar-refractivity contribution in [2.24, 2.45) is 5.92 Å². The van der Waals surface area contributed by atoms with E-state index in [1.54, 1.807) is 12.1 Å². The zero-order valence-corrected chi connectivity index (χ0v) is 32.5. The molecule has 0 unspecified atom stereocenters. The van der Waals surface area contributed by atoms with E-state index >= 15 is 0 Å². The van der Waals surface area contributed by atoms with Crippen LogP contribution in [0.4, 0.5) is 0 Å². The van der Waals surface area contributed by atoms with Gasteiger partial charge in [0, 0.05) is 48.7 Å². The number of ketones is 2. The van der Waals surface area contributed by atoms with E-state index in [1.807, 2.05) is 36.5 Å². The van der Waals surface area contributed by atoms with Crippen molar-refractivity contribution in [1.82, 2.24) is 4.98 Å². The van der Waals surface area contributed by atoms with Gasteiger partial charge in [0.1, 0.15) is 5.03 Å². The van der Waals surface area contributed by atoms with Crippen LogP contribution in [0, 0.1) is 5.92 Å². The van der Waals surface area contributed by atoms with Crippen LogP contribution in [0.15, 0.2) is 123 Å². The fraction of sp³-hybridized carbons (Fsp3) is 0.340. The quantitative estimate of drug-likeness (QED) is 0.125. The molecule has 0 aliphatic heterocycles. The Morgan fingerprint density at radius 2 is 1.27 bits per heavy atom. The molecule has 0 spiro atoms. The Balaban J connectivity index is 1.02. The Morgan fingerprint density at radius 1 is 0.654 bits per heavy atom. The molecule has 2 aliphatic rings. The van der Waals surface area contributed by atoms with Crippen LogP contribution in [-0.2, 0) is 5.41 Å². The first-order chi connectivity index (χ1) is 25.2. The first-order valence-corrected chi connectivity index (χ1v) is 20.7. The molecule has 0 bridgehead atoms. The molecule has 1 fully saturated rings. The number of fused-ring (bicyclic) bond motifs is 2. The summed E-state index contributed by atoms with van der Waals surface area (Å²) in [5, 5.41) is 0.786. The fourth-order valence-electron chi connectivity index (χ4n) is 7.81. The van der Waals surface area contributed by atoms with E-state index in [4.69, 9.17) is 4.98 Å². The summed E-state index contributed by atoms with van der Waals surface area (Å²) in [6.07, 6.45) is 14.2. The van der Waals surface area contributed by atoms with E-state index in [-0.39, 0.29) is 17.0 Å². The molecule has 0 saturated heterocycles. The zero-order valence-electron chi connectivity index (χ0n) is 30.9. The van der Waals surface area contributed by atoms with E-state index < -0.39 is 0 Å². The van der Waals surface area contributed by atoms with Gasteiger partial charge in [0.15, 0.2) is 11.6 Å². The predicted molar refractivity (Wildman–Crippen MR) is 216 cm³/mol. The second-order valence-electron chi connectivity index (χ2n) is 15.6. The minimum Gasteiger partial charge on any atom is -0.289 e. The number of nitrogens with zero attached hydrogens (tertiary/aromatic N) is 1. The van der Waals surface area contributed by atoms with E-state index in [0.717, 1.165) is 36.8 Å². The second kappa shape index (κ2) is 16.0. The molecule has 1 saturated carbocycles.